The van der Waals surface area contributed by atoms with Crippen molar-refractivity contribution >= 4 is 17.6 Å². The maximum absolute atomic E-state index is 12.9. The molecule has 3 rings (SSSR count). The minimum Gasteiger partial charge on any atom is -0.330 e. The molecule has 3 N–H and O–H groups in total. The smallest absolute Gasteiger partial charge is 0.319 e. The molecule has 0 bridgehead atoms. The van der Waals surface area contributed by atoms with Crippen molar-refractivity contribution in [1.82, 2.24) is 10.6 Å². The van der Waals surface area contributed by atoms with E-state index in [1.807, 2.05) is 62.4 Å². The van der Waals surface area contributed by atoms with Gasteiger partial charge in [-0.15, -0.1) is 0 Å². The summed E-state index contributed by atoms with van der Waals surface area (Å²) in [7, 11) is 0. The number of carbonyl (C=O) groups excluding carboxylic acids is 2. The molecule has 1 aliphatic rings. The van der Waals surface area contributed by atoms with Crippen LogP contribution in [0.15, 0.2) is 60.8 Å². The van der Waals surface area contributed by atoms with E-state index in [1.54, 1.807) is 0 Å². The molecule has 25 heavy (non-hydrogen) atoms. The maximum atomic E-state index is 12.9. The van der Waals surface area contributed by atoms with Gasteiger partial charge >= 0.3 is 6.03 Å². The number of rotatable bonds is 3. The molecule has 0 aromatic heterocycles. The lowest BCUT2D eigenvalue weighted by atomic mass is 9.85. The van der Waals surface area contributed by atoms with Crippen molar-refractivity contribution in [2.75, 3.05) is 5.32 Å². The number of anilines is 1. The zero-order chi connectivity index (χ0) is 18.0. The lowest BCUT2D eigenvalue weighted by Gasteiger charge is -2.34. The molecule has 2 aromatic rings. The van der Waals surface area contributed by atoms with Gasteiger partial charge in [-0.2, -0.15) is 0 Å². The number of hydrogen-bond donors (Lipinski definition) is 3. The summed E-state index contributed by atoms with van der Waals surface area (Å²) in [6, 6.07) is 14.4. The summed E-state index contributed by atoms with van der Waals surface area (Å²) in [5.41, 5.74) is 4.11. The number of para-hydroxylation sites is 1. The molecule has 5 nitrogen and oxygen atoms in total. The van der Waals surface area contributed by atoms with Crippen molar-refractivity contribution in [3.63, 3.8) is 0 Å². The van der Waals surface area contributed by atoms with Gasteiger partial charge in [-0.1, -0.05) is 48.5 Å². The van der Waals surface area contributed by atoms with Crippen molar-refractivity contribution in [2.24, 2.45) is 5.92 Å². The predicted octanol–water partition coefficient (Wildman–Crippen LogP) is 3.43. The van der Waals surface area contributed by atoms with Gasteiger partial charge in [0.15, 0.2) is 0 Å². The van der Waals surface area contributed by atoms with Crippen molar-refractivity contribution in [1.29, 1.82) is 0 Å². The SMILES string of the molecule is C=C1NC(=O)N[C@H](c2cc(C)ccc2C)[C@H]1C(=O)Nc1ccccc1. The zero-order valence-electron chi connectivity index (χ0n) is 14.3. The number of amides is 3. The topological polar surface area (TPSA) is 70.2 Å². The normalized spacial score (nSPS) is 19.8. The Labute approximate surface area is 147 Å². The molecule has 2 atom stereocenters. The highest BCUT2D eigenvalue weighted by Gasteiger charge is 2.38. The third kappa shape index (κ3) is 3.55. The fraction of sp³-hybridized carbons (Fsp3) is 0.200. The minimum absolute atomic E-state index is 0.213. The van der Waals surface area contributed by atoms with Crippen LogP contribution in [0.3, 0.4) is 0 Å². The van der Waals surface area contributed by atoms with E-state index in [0.717, 1.165) is 16.7 Å². The molecule has 0 unspecified atom stereocenters. The Kier molecular flexibility index (Phi) is 4.57. The van der Waals surface area contributed by atoms with Crippen LogP contribution in [-0.2, 0) is 4.79 Å². The quantitative estimate of drug-likeness (QED) is 0.804. The number of hydrogen-bond acceptors (Lipinski definition) is 2. The summed E-state index contributed by atoms with van der Waals surface area (Å²) < 4.78 is 0. The molecule has 0 saturated carbocycles. The van der Waals surface area contributed by atoms with E-state index >= 15 is 0 Å². The van der Waals surface area contributed by atoms with Gasteiger partial charge < -0.3 is 16.0 Å². The lowest BCUT2D eigenvalue weighted by molar-refractivity contribution is -0.119. The molecule has 1 saturated heterocycles. The van der Waals surface area contributed by atoms with E-state index < -0.39 is 12.0 Å². The van der Waals surface area contributed by atoms with Crippen LogP contribution in [0, 0.1) is 19.8 Å². The van der Waals surface area contributed by atoms with Crippen molar-refractivity contribution in [3.8, 4) is 0 Å². The summed E-state index contributed by atoms with van der Waals surface area (Å²) in [6.45, 7) is 7.86. The second-order valence-electron chi connectivity index (χ2n) is 6.29. The lowest BCUT2D eigenvalue weighted by Crippen LogP contribution is -2.52. The van der Waals surface area contributed by atoms with Crippen LogP contribution in [0.4, 0.5) is 10.5 Å². The molecule has 2 aromatic carbocycles. The van der Waals surface area contributed by atoms with Crippen LogP contribution in [0.5, 0.6) is 0 Å². The van der Waals surface area contributed by atoms with E-state index in [1.165, 1.54) is 0 Å². The minimum atomic E-state index is -0.613. The van der Waals surface area contributed by atoms with Gasteiger partial charge in [0, 0.05) is 11.4 Å². The molecule has 1 fully saturated rings. The van der Waals surface area contributed by atoms with Crippen LogP contribution >= 0.6 is 0 Å². The van der Waals surface area contributed by atoms with E-state index in [-0.39, 0.29) is 11.9 Å². The zero-order valence-corrected chi connectivity index (χ0v) is 14.3. The third-order valence-corrected chi connectivity index (χ3v) is 4.36. The van der Waals surface area contributed by atoms with Crippen LogP contribution in [0.25, 0.3) is 0 Å². The summed E-state index contributed by atoms with van der Waals surface area (Å²) in [5, 5.41) is 8.40. The van der Waals surface area contributed by atoms with Gasteiger partial charge in [-0.05, 0) is 37.1 Å². The van der Waals surface area contributed by atoms with Crippen LogP contribution in [-0.4, -0.2) is 11.9 Å². The van der Waals surface area contributed by atoms with Crippen LogP contribution in [0.2, 0.25) is 0 Å². The fourth-order valence-electron chi connectivity index (χ4n) is 3.09. The van der Waals surface area contributed by atoms with Crippen molar-refractivity contribution in [3.05, 3.63) is 77.5 Å². The Morgan fingerprint density at radius 2 is 1.84 bits per heavy atom. The molecule has 1 aliphatic heterocycles. The van der Waals surface area contributed by atoms with Gasteiger partial charge in [0.05, 0.1) is 6.04 Å². The van der Waals surface area contributed by atoms with Crippen molar-refractivity contribution < 1.29 is 9.59 Å². The maximum Gasteiger partial charge on any atom is 0.319 e. The largest absolute Gasteiger partial charge is 0.330 e. The Morgan fingerprint density at radius 1 is 1.12 bits per heavy atom. The van der Waals surface area contributed by atoms with Gasteiger partial charge in [0.1, 0.15) is 5.92 Å². The van der Waals surface area contributed by atoms with Crippen LogP contribution in [0.1, 0.15) is 22.7 Å². The molecule has 3 amide bonds. The number of carbonyl (C=O) groups is 2. The summed E-state index contributed by atoms with van der Waals surface area (Å²) >= 11 is 0. The average Bonchev–Trinajstić information content (AvgIpc) is 2.57. The molecule has 1 heterocycles. The number of urea groups is 1. The number of nitrogens with one attached hydrogen (secondary N) is 3. The molecule has 128 valence electrons. The van der Waals surface area contributed by atoms with Crippen LogP contribution < -0.4 is 16.0 Å². The summed E-state index contributed by atoms with van der Waals surface area (Å²) in [4.78, 5) is 24.9. The second kappa shape index (κ2) is 6.81. The molecule has 5 heteroatoms. The average molecular weight is 335 g/mol. The predicted molar refractivity (Wildman–Crippen MR) is 98.0 cm³/mol. The van der Waals surface area contributed by atoms with Gasteiger partial charge in [0.25, 0.3) is 0 Å². The van der Waals surface area contributed by atoms with Gasteiger partial charge in [-0.25, -0.2) is 4.79 Å². The van der Waals surface area contributed by atoms with E-state index in [0.29, 0.717) is 11.4 Å². The van der Waals surface area contributed by atoms with Gasteiger partial charge in [-0.3, -0.25) is 4.79 Å². The molecule has 0 radical (unpaired) electrons. The van der Waals surface area contributed by atoms with Crippen molar-refractivity contribution in [2.45, 2.75) is 19.9 Å². The van der Waals surface area contributed by atoms with Gasteiger partial charge in [0.2, 0.25) is 5.91 Å². The fourth-order valence-corrected chi connectivity index (χ4v) is 3.09. The number of aryl methyl sites for hydroxylation is 2. The second-order valence-corrected chi connectivity index (χ2v) is 6.29. The standard InChI is InChI=1S/C20H21N3O2/c1-12-9-10-13(2)16(11-12)18-17(14(3)21-20(25)23-18)19(24)22-15-7-5-4-6-8-15/h4-11,17-18H,3H2,1-2H3,(H,22,24)(H2,21,23,25)/t17-,18+/m0/s1. The molecular weight excluding hydrogens is 314 g/mol. The highest BCUT2D eigenvalue weighted by atomic mass is 16.2. The summed E-state index contributed by atoms with van der Waals surface area (Å²) in [5.74, 6) is -0.826. The monoisotopic (exact) mass is 335 g/mol. The first kappa shape index (κ1) is 16.8. The Hall–Kier alpha value is -3.08. The van der Waals surface area contributed by atoms with E-state index in [2.05, 4.69) is 22.5 Å². The highest BCUT2D eigenvalue weighted by molar-refractivity contribution is 5.97. The molecule has 0 aliphatic carbocycles. The first-order valence-electron chi connectivity index (χ1n) is 8.15. The Bertz CT molecular complexity index is 830. The van der Waals surface area contributed by atoms with E-state index in [4.69, 9.17) is 0 Å². The first-order valence-corrected chi connectivity index (χ1v) is 8.15. The summed E-state index contributed by atoms with van der Waals surface area (Å²) in [6.07, 6.45) is 0. The Balaban J connectivity index is 1.95. The van der Waals surface area contributed by atoms with E-state index in [9.17, 15) is 9.59 Å². The highest BCUT2D eigenvalue weighted by Crippen LogP contribution is 2.32. The molecule has 0 spiro atoms. The molecular formula is C20H21N3O2. The first-order chi connectivity index (χ1) is 12.0. The third-order valence-electron chi connectivity index (χ3n) is 4.36. The Morgan fingerprint density at radius 3 is 2.56 bits per heavy atom. The number of benzene rings is 2.